The molecule has 0 saturated carbocycles. The molecule has 0 radical (unpaired) electrons. The molecule has 114 valence electrons. The van der Waals surface area contributed by atoms with Crippen LogP contribution in [0, 0.1) is 0 Å². The second-order valence-electron chi connectivity index (χ2n) is 6.16. The van der Waals surface area contributed by atoms with E-state index in [1.54, 1.807) is 0 Å². The summed E-state index contributed by atoms with van der Waals surface area (Å²) in [6, 6.07) is 0.809. The molecule has 1 rings (SSSR count). The first-order chi connectivity index (χ1) is 9.38. The van der Waals surface area contributed by atoms with Crippen LogP contribution in [0.3, 0.4) is 0 Å². The van der Waals surface area contributed by atoms with E-state index in [1.807, 2.05) is 0 Å². The van der Waals surface area contributed by atoms with E-state index in [4.69, 9.17) is 0 Å². The lowest BCUT2D eigenvalue weighted by Gasteiger charge is -2.36. The Bertz CT molecular complexity index is 192. The molecule has 0 spiro atoms. The van der Waals surface area contributed by atoms with Crippen molar-refractivity contribution < 1.29 is 0 Å². The molecular weight excluding hydrogens is 232 g/mol. The largest absolute Gasteiger partial charge is 0.314 e. The summed E-state index contributed by atoms with van der Waals surface area (Å²) in [7, 11) is 0. The molecule has 19 heavy (non-hydrogen) atoms. The van der Waals surface area contributed by atoms with Crippen LogP contribution in [0.4, 0.5) is 0 Å². The third-order valence-corrected chi connectivity index (χ3v) is 4.39. The Labute approximate surface area is 121 Å². The molecule has 1 aliphatic heterocycles. The molecule has 0 aromatic heterocycles. The maximum atomic E-state index is 3.54. The highest BCUT2D eigenvalue weighted by atomic mass is 15.2. The van der Waals surface area contributed by atoms with Gasteiger partial charge in [-0.25, -0.2) is 0 Å². The topological polar surface area (TPSA) is 15.3 Å². The lowest BCUT2D eigenvalue weighted by molar-refractivity contribution is 0.149. The average Bonchev–Trinajstić information content (AvgIpc) is 2.44. The maximum absolute atomic E-state index is 3.54. The van der Waals surface area contributed by atoms with Gasteiger partial charge in [-0.3, -0.25) is 4.90 Å². The number of hydrogen-bond acceptors (Lipinski definition) is 2. The highest BCUT2D eigenvalue weighted by Crippen LogP contribution is 2.13. The molecule has 2 heteroatoms. The van der Waals surface area contributed by atoms with Gasteiger partial charge in [-0.05, 0) is 19.4 Å². The van der Waals surface area contributed by atoms with Crippen molar-refractivity contribution in [2.24, 2.45) is 0 Å². The van der Waals surface area contributed by atoms with Crippen molar-refractivity contribution in [1.29, 1.82) is 0 Å². The minimum absolute atomic E-state index is 0.809. The summed E-state index contributed by atoms with van der Waals surface area (Å²) in [5.74, 6) is 0. The molecule has 0 aromatic carbocycles. The first-order valence-corrected chi connectivity index (χ1v) is 8.83. The Hall–Kier alpha value is -0.0800. The van der Waals surface area contributed by atoms with Gasteiger partial charge < -0.3 is 5.32 Å². The number of rotatable bonds is 11. The van der Waals surface area contributed by atoms with Gasteiger partial charge in [-0.2, -0.15) is 0 Å². The molecule has 2 nitrogen and oxygen atoms in total. The molecule has 1 unspecified atom stereocenters. The predicted molar refractivity (Wildman–Crippen MR) is 85.7 cm³/mol. The van der Waals surface area contributed by atoms with Gasteiger partial charge in [-0.1, -0.05) is 65.2 Å². The minimum atomic E-state index is 0.809. The van der Waals surface area contributed by atoms with E-state index < -0.39 is 0 Å². The van der Waals surface area contributed by atoms with E-state index in [-0.39, 0.29) is 0 Å². The molecule has 1 heterocycles. The Morgan fingerprint density at radius 1 is 0.895 bits per heavy atom. The lowest BCUT2D eigenvalue weighted by Crippen LogP contribution is -2.51. The molecule has 0 aliphatic carbocycles. The Balaban J connectivity index is 1.97. The van der Waals surface area contributed by atoms with Crippen molar-refractivity contribution in [3.05, 3.63) is 0 Å². The van der Waals surface area contributed by atoms with Crippen molar-refractivity contribution in [1.82, 2.24) is 10.2 Å². The molecule has 1 fully saturated rings. The van der Waals surface area contributed by atoms with E-state index in [9.17, 15) is 0 Å². The molecule has 1 atom stereocenters. The van der Waals surface area contributed by atoms with Crippen LogP contribution in [0.5, 0.6) is 0 Å². The Kier molecular flexibility index (Phi) is 10.5. The summed E-state index contributed by atoms with van der Waals surface area (Å²) in [5.41, 5.74) is 0. The SMILES string of the molecule is CCCCCCCCCCN1CCNCC1CCC. The molecule has 0 amide bonds. The van der Waals surface area contributed by atoms with Crippen LogP contribution in [-0.2, 0) is 0 Å². The summed E-state index contributed by atoms with van der Waals surface area (Å²) < 4.78 is 0. The standard InChI is InChI=1S/C17H36N2/c1-3-5-6-7-8-9-10-11-14-19-15-13-18-16-17(19)12-4-2/h17-18H,3-16H2,1-2H3. The van der Waals surface area contributed by atoms with Gasteiger partial charge in [0.25, 0.3) is 0 Å². The zero-order valence-electron chi connectivity index (χ0n) is 13.4. The Morgan fingerprint density at radius 3 is 2.26 bits per heavy atom. The van der Waals surface area contributed by atoms with Gasteiger partial charge >= 0.3 is 0 Å². The van der Waals surface area contributed by atoms with Crippen LogP contribution in [-0.4, -0.2) is 37.1 Å². The number of unbranched alkanes of at least 4 members (excludes halogenated alkanes) is 7. The van der Waals surface area contributed by atoms with Crippen molar-refractivity contribution in [2.75, 3.05) is 26.2 Å². The fourth-order valence-corrected chi connectivity index (χ4v) is 3.16. The first-order valence-electron chi connectivity index (χ1n) is 8.83. The molecule has 1 saturated heterocycles. The van der Waals surface area contributed by atoms with Crippen LogP contribution in [0.1, 0.15) is 78.1 Å². The molecule has 1 aliphatic rings. The van der Waals surface area contributed by atoms with Crippen molar-refractivity contribution >= 4 is 0 Å². The Morgan fingerprint density at radius 2 is 1.58 bits per heavy atom. The van der Waals surface area contributed by atoms with Gasteiger partial charge in [0.15, 0.2) is 0 Å². The van der Waals surface area contributed by atoms with Gasteiger partial charge in [-0.15, -0.1) is 0 Å². The second-order valence-corrected chi connectivity index (χ2v) is 6.16. The normalized spacial score (nSPS) is 20.8. The van der Waals surface area contributed by atoms with Crippen LogP contribution >= 0.6 is 0 Å². The number of hydrogen-bond donors (Lipinski definition) is 1. The van der Waals surface area contributed by atoms with E-state index in [0.717, 1.165) is 6.04 Å². The highest BCUT2D eigenvalue weighted by molar-refractivity contribution is 4.79. The zero-order chi connectivity index (χ0) is 13.8. The molecular formula is C17H36N2. The molecule has 1 N–H and O–H groups in total. The van der Waals surface area contributed by atoms with Crippen LogP contribution < -0.4 is 5.32 Å². The second kappa shape index (κ2) is 11.7. The lowest BCUT2D eigenvalue weighted by atomic mass is 10.1. The maximum Gasteiger partial charge on any atom is 0.0221 e. The predicted octanol–water partition coefficient (Wildman–Crippen LogP) is 4.20. The van der Waals surface area contributed by atoms with Gasteiger partial charge in [0.2, 0.25) is 0 Å². The number of piperazine rings is 1. The van der Waals surface area contributed by atoms with Crippen molar-refractivity contribution in [3.8, 4) is 0 Å². The smallest absolute Gasteiger partial charge is 0.0221 e. The van der Waals surface area contributed by atoms with E-state index in [0.29, 0.717) is 0 Å². The molecule has 0 aromatic rings. The van der Waals surface area contributed by atoms with Crippen LogP contribution in [0.15, 0.2) is 0 Å². The quantitative estimate of drug-likeness (QED) is 0.565. The van der Waals surface area contributed by atoms with Gasteiger partial charge in [0, 0.05) is 25.7 Å². The van der Waals surface area contributed by atoms with Crippen molar-refractivity contribution in [3.63, 3.8) is 0 Å². The summed E-state index contributed by atoms with van der Waals surface area (Å²) in [5, 5.41) is 3.54. The molecule has 0 bridgehead atoms. The number of nitrogens with zero attached hydrogens (tertiary/aromatic N) is 1. The first kappa shape index (κ1) is 17.0. The van der Waals surface area contributed by atoms with Crippen LogP contribution in [0.2, 0.25) is 0 Å². The third-order valence-electron chi connectivity index (χ3n) is 4.39. The fourth-order valence-electron chi connectivity index (χ4n) is 3.16. The summed E-state index contributed by atoms with van der Waals surface area (Å²) in [6.45, 7) is 9.61. The zero-order valence-corrected chi connectivity index (χ0v) is 13.4. The third kappa shape index (κ3) is 7.94. The van der Waals surface area contributed by atoms with E-state index in [2.05, 4.69) is 24.1 Å². The summed E-state index contributed by atoms with van der Waals surface area (Å²) >= 11 is 0. The van der Waals surface area contributed by atoms with E-state index in [1.165, 1.54) is 90.4 Å². The number of nitrogens with one attached hydrogen (secondary N) is 1. The van der Waals surface area contributed by atoms with E-state index >= 15 is 0 Å². The van der Waals surface area contributed by atoms with Crippen molar-refractivity contribution in [2.45, 2.75) is 84.1 Å². The van der Waals surface area contributed by atoms with Gasteiger partial charge in [0.1, 0.15) is 0 Å². The minimum Gasteiger partial charge on any atom is -0.314 e. The fraction of sp³-hybridized carbons (Fsp3) is 1.00. The van der Waals surface area contributed by atoms with Crippen LogP contribution in [0.25, 0.3) is 0 Å². The average molecular weight is 268 g/mol. The summed E-state index contributed by atoms with van der Waals surface area (Å²) in [6.07, 6.45) is 14.1. The highest BCUT2D eigenvalue weighted by Gasteiger charge is 2.20. The monoisotopic (exact) mass is 268 g/mol. The van der Waals surface area contributed by atoms with Gasteiger partial charge in [0.05, 0.1) is 0 Å². The summed E-state index contributed by atoms with van der Waals surface area (Å²) in [4.78, 5) is 2.73.